The van der Waals surface area contributed by atoms with Gasteiger partial charge in [0.15, 0.2) is 0 Å². The van der Waals surface area contributed by atoms with Crippen molar-refractivity contribution in [3.05, 3.63) is 29.3 Å². The van der Waals surface area contributed by atoms with Crippen LogP contribution in [0.1, 0.15) is 31.9 Å². The Kier molecular flexibility index (Phi) is 5.04. The van der Waals surface area contributed by atoms with E-state index in [-0.39, 0.29) is 5.41 Å². The van der Waals surface area contributed by atoms with Crippen molar-refractivity contribution in [3.63, 3.8) is 0 Å². The molecule has 0 aliphatic rings. The Morgan fingerprint density at radius 1 is 1.28 bits per heavy atom. The van der Waals surface area contributed by atoms with Crippen LogP contribution >= 0.6 is 0 Å². The van der Waals surface area contributed by atoms with Gasteiger partial charge in [-0.15, -0.1) is 0 Å². The van der Waals surface area contributed by atoms with Crippen LogP contribution in [0.4, 0.5) is 5.69 Å². The van der Waals surface area contributed by atoms with Crippen molar-refractivity contribution in [3.8, 4) is 0 Å². The fourth-order valence-electron chi connectivity index (χ4n) is 1.56. The van der Waals surface area contributed by atoms with Crippen LogP contribution in [0.2, 0.25) is 0 Å². The van der Waals surface area contributed by atoms with Crippen LogP contribution in [0.3, 0.4) is 0 Å². The van der Waals surface area contributed by atoms with E-state index >= 15 is 0 Å². The summed E-state index contributed by atoms with van der Waals surface area (Å²) >= 11 is 0. The van der Waals surface area contributed by atoms with E-state index in [1.54, 1.807) is 6.26 Å². The molecule has 0 saturated heterocycles. The molecule has 18 heavy (non-hydrogen) atoms. The number of benzene rings is 1. The minimum Gasteiger partial charge on any atom is -0.329 e. The van der Waals surface area contributed by atoms with Crippen LogP contribution in [0.25, 0.3) is 0 Å². The predicted octanol–water partition coefficient (Wildman–Crippen LogP) is 1.94. The molecule has 0 aromatic heterocycles. The number of nitrogens with one attached hydrogen (secondary N) is 2. The molecular weight excluding hydrogens is 248 g/mol. The lowest BCUT2D eigenvalue weighted by atomic mass is 9.86. The van der Waals surface area contributed by atoms with Crippen molar-refractivity contribution in [2.45, 2.75) is 32.7 Å². The van der Waals surface area contributed by atoms with Crippen molar-refractivity contribution in [2.75, 3.05) is 11.6 Å². The number of carbonyl (C=O) groups excluding carboxylic acids is 1. The first-order valence-electron chi connectivity index (χ1n) is 5.74. The van der Waals surface area contributed by atoms with Crippen LogP contribution in [-0.2, 0) is 27.7 Å². The predicted molar refractivity (Wildman–Crippen MR) is 75.7 cm³/mol. The number of rotatable bonds is 5. The Labute approximate surface area is 111 Å². The first kappa shape index (κ1) is 14.9. The van der Waals surface area contributed by atoms with Gasteiger partial charge in [0.2, 0.25) is 6.41 Å². The average Bonchev–Trinajstić information content (AvgIpc) is 2.25. The molecule has 1 amide bonds. The molecule has 0 heterocycles. The zero-order valence-electron chi connectivity index (χ0n) is 11.2. The van der Waals surface area contributed by atoms with Gasteiger partial charge in [-0.2, -0.15) is 0 Å². The first-order chi connectivity index (χ1) is 8.32. The van der Waals surface area contributed by atoms with Crippen LogP contribution in [0, 0.1) is 0 Å². The zero-order valence-corrected chi connectivity index (χ0v) is 12.1. The second-order valence-corrected chi connectivity index (χ2v) is 6.40. The molecule has 5 heteroatoms. The van der Waals surface area contributed by atoms with Gasteiger partial charge in [0.25, 0.3) is 0 Å². The molecule has 1 atom stereocenters. The van der Waals surface area contributed by atoms with Crippen LogP contribution in [0.5, 0.6) is 0 Å². The maximum absolute atomic E-state index is 11.0. The Morgan fingerprint density at radius 2 is 1.94 bits per heavy atom. The summed E-state index contributed by atoms with van der Waals surface area (Å²) in [5, 5.41) is 2.66. The second kappa shape index (κ2) is 6.11. The van der Waals surface area contributed by atoms with Crippen LogP contribution in [-0.4, -0.2) is 16.9 Å². The molecule has 0 saturated carbocycles. The third kappa shape index (κ3) is 4.58. The number of amides is 1. The topological polar surface area (TPSA) is 58.2 Å². The highest BCUT2D eigenvalue weighted by Gasteiger charge is 2.15. The monoisotopic (exact) mass is 268 g/mol. The molecular formula is C13H20N2O2S. The van der Waals surface area contributed by atoms with Gasteiger partial charge in [0, 0.05) is 18.5 Å². The lowest BCUT2D eigenvalue weighted by Gasteiger charge is -2.21. The molecule has 0 fully saturated rings. The fourth-order valence-corrected chi connectivity index (χ4v) is 1.93. The van der Waals surface area contributed by atoms with E-state index < -0.39 is 11.0 Å². The van der Waals surface area contributed by atoms with Crippen molar-refractivity contribution in [2.24, 2.45) is 0 Å². The molecule has 100 valence electrons. The highest BCUT2D eigenvalue weighted by atomic mass is 32.2. The van der Waals surface area contributed by atoms with Gasteiger partial charge >= 0.3 is 0 Å². The standard InChI is InChI=1S/C13H20N2O2S/c1-13(2,3)11-5-10(8-15-18(4)17)6-12(7-11)14-9-16/h5-7,9,15H,8H2,1-4H3,(H,14,16). The SMILES string of the molecule is CS(=O)NCc1cc(NC=O)cc(C(C)(C)C)c1. The summed E-state index contributed by atoms with van der Waals surface area (Å²) < 4.78 is 13.9. The molecule has 4 nitrogen and oxygen atoms in total. The molecule has 0 aliphatic carbocycles. The maximum atomic E-state index is 11.0. The van der Waals surface area contributed by atoms with Gasteiger partial charge in [-0.25, -0.2) is 8.93 Å². The van der Waals surface area contributed by atoms with E-state index in [0.717, 1.165) is 16.8 Å². The minimum absolute atomic E-state index is 0.000685. The number of hydrogen-bond donors (Lipinski definition) is 2. The van der Waals surface area contributed by atoms with Gasteiger partial charge in [0.1, 0.15) is 0 Å². The molecule has 1 aromatic carbocycles. The number of anilines is 1. The quantitative estimate of drug-likeness (QED) is 0.802. The van der Waals surface area contributed by atoms with Gasteiger partial charge < -0.3 is 5.32 Å². The Hall–Kier alpha value is -1.20. The Balaban J connectivity index is 3.05. The lowest BCUT2D eigenvalue weighted by Crippen LogP contribution is -2.17. The largest absolute Gasteiger partial charge is 0.329 e. The molecule has 1 rings (SSSR count). The van der Waals surface area contributed by atoms with Crippen molar-refractivity contribution in [1.29, 1.82) is 0 Å². The van der Waals surface area contributed by atoms with Crippen LogP contribution in [0.15, 0.2) is 18.2 Å². The third-order valence-corrected chi connectivity index (χ3v) is 3.11. The number of carbonyl (C=O) groups is 1. The smallest absolute Gasteiger partial charge is 0.211 e. The lowest BCUT2D eigenvalue weighted by molar-refractivity contribution is -0.105. The molecule has 0 aliphatic heterocycles. The van der Waals surface area contributed by atoms with E-state index in [1.165, 1.54) is 0 Å². The van der Waals surface area contributed by atoms with Gasteiger partial charge in [-0.1, -0.05) is 26.8 Å². The molecule has 1 aromatic rings. The van der Waals surface area contributed by atoms with E-state index in [9.17, 15) is 9.00 Å². The summed E-state index contributed by atoms with van der Waals surface area (Å²) in [5.41, 5.74) is 2.90. The maximum Gasteiger partial charge on any atom is 0.211 e. The van der Waals surface area contributed by atoms with Crippen LogP contribution < -0.4 is 10.0 Å². The van der Waals surface area contributed by atoms with E-state index in [4.69, 9.17) is 0 Å². The fraction of sp³-hybridized carbons (Fsp3) is 0.462. The molecule has 1 unspecified atom stereocenters. The highest BCUT2D eigenvalue weighted by molar-refractivity contribution is 7.82. The summed E-state index contributed by atoms with van der Waals surface area (Å²) in [6, 6.07) is 5.90. The molecule has 0 radical (unpaired) electrons. The number of hydrogen-bond acceptors (Lipinski definition) is 2. The van der Waals surface area contributed by atoms with Gasteiger partial charge in [-0.05, 0) is 28.7 Å². The minimum atomic E-state index is -1.04. The first-order valence-corrected chi connectivity index (χ1v) is 7.30. The van der Waals surface area contributed by atoms with E-state index in [1.807, 2.05) is 12.1 Å². The summed E-state index contributed by atoms with van der Waals surface area (Å²) in [7, 11) is -1.04. The van der Waals surface area contributed by atoms with E-state index in [2.05, 4.69) is 36.9 Å². The van der Waals surface area contributed by atoms with Crippen molar-refractivity contribution >= 4 is 23.1 Å². The summed E-state index contributed by atoms with van der Waals surface area (Å²) in [5.74, 6) is 0. The summed E-state index contributed by atoms with van der Waals surface area (Å²) in [4.78, 5) is 10.5. The molecule has 2 N–H and O–H groups in total. The Bertz CT molecular complexity index is 453. The zero-order chi connectivity index (χ0) is 13.8. The average molecular weight is 268 g/mol. The normalized spacial score (nSPS) is 13.1. The van der Waals surface area contributed by atoms with E-state index in [0.29, 0.717) is 13.0 Å². The Morgan fingerprint density at radius 3 is 2.44 bits per heavy atom. The van der Waals surface area contributed by atoms with Crippen molar-refractivity contribution < 1.29 is 9.00 Å². The summed E-state index contributed by atoms with van der Waals surface area (Å²) in [6.45, 7) is 6.85. The second-order valence-electron chi connectivity index (χ2n) is 5.21. The third-order valence-electron chi connectivity index (χ3n) is 2.56. The highest BCUT2D eigenvalue weighted by Crippen LogP contribution is 2.26. The van der Waals surface area contributed by atoms with Gasteiger partial charge in [0.05, 0.1) is 11.0 Å². The molecule has 0 spiro atoms. The summed E-state index contributed by atoms with van der Waals surface area (Å²) in [6.07, 6.45) is 2.26. The van der Waals surface area contributed by atoms with Crippen molar-refractivity contribution in [1.82, 2.24) is 4.72 Å². The van der Waals surface area contributed by atoms with Gasteiger partial charge in [-0.3, -0.25) is 4.79 Å². The molecule has 0 bridgehead atoms.